The summed E-state index contributed by atoms with van der Waals surface area (Å²) in [6.07, 6.45) is 4.44. The van der Waals surface area contributed by atoms with Crippen molar-refractivity contribution in [1.82, 2.24) is 4.98 Å². The molecule has 1 heterocycles. The van der Waals surface area contributed by atoms with Gasteiger partial charge in [0.05, 0.1) is 18.6 Å². The van der Waals surface area contributed by atoms with Crippen LogP contribution < -0.4 is 4.74 Å². The molecule has 0 spiro atoms. The number of hydrogen-bond donors (Lipinski definition) is 0. The van der Waals surface area contributed by atoms with E-state index in [-0.39, 0.29) is 17.3 Å². The van der Waals surface area contributed by atoms with Gasteiger partial charge in [0.1, 0.15) is 0 Å². The van der Waals surface area contributed by atoms with Crippen molar-refractivity contribution in [3.63, 3.8) is 0 Å². The van der Waals surface area contributed by atoms with E-state index in [0.29, 0.717) is 12.5 Å². The van der Waals surface area contributed by atoms with Crippen LogP contribution in [0.2, 0.25) is 0 Å². The van der Waals surface area contributed by atoms with Crippen LogP contribution in [0.25, 0.3) is 0 Å². The van der Waals surface area contributed by atoms with E-state index in [9.17, 15) is 14.9 Å². The van der Waals surface area contributed by atoms with E-state index in [2.05, 4.69) is 9.72 Å². The molecule has 7 heteroatoms. The Morgan fingerprint density at radius 3 is 2.75 bits per heavy atom. The standard InChI is InChI=1S/C13H16N2O5/c1-19-13(16)10-6-7-11(15(17)18)12(14-10)20-8-9-4-2-3-5-9/h6-7,9H,2-5,8H2,1H3. The second-order valence-corrected chi connectivity index (χ2v) is 4.73. The van der Waals surface area contributed by atoms with Crippen molar-refractivity contribution in [3.8, 4) is 5.88 Å². The van der Waals surface area contributed by atoms with Gasteiger partial charge in [0, 0.05) is 6.07 Å². The summed E-state index contributed by atoms with van der Waals surface area (Å²) in [5.41, 5.74) is -0.241. The molecule has 1 aliphatic rings. The van der Waals surface area contributed by atoms with Gasteiger partial charge in [-0.05, 0) is 24.8 Å². The molecule has 0 unspecified atom stereocenters. The van der Waals surface area contributed by atoms with Gasteiger partial charge in [-0.3, -0.25) is 10.1 Å². The molecule has 108 valence electrons. The van der Waals surface area contributed by atoms with Crippen LogP contribution >= 0.6 is 0 Å². The fraction of sp³-hybridized carbons (Fsp3) is 0.538. The molecule has 0 atom stereocenters. The van der Waals surface area contributed by atoms with Gasteiger partial charge in [-0.15, -0.1) is 0 Å². The maximum atomic E-state index is 11.4. The second kappa shape index (κ2) is 6.31. The Hall–Kier alpha value is -2.18. The van der Waals surface area contributed by atoms with Crippen molar-refractivity contribution in [2.24, 2.45) is 5.92 Å². The summed E-state index contributed by atoms with van der Waals surface area (Å²) in [6, 6.07) is 2.47. The minimum atomic E-state index is -0.648. The molecule has 20 heavy (non-hydrogen) atoms. The van der Waals surface area contributed by atoms with Crippen LogP contribution in [0.15, 0.2) is 12.1 Å². The van der Waals surface area contributed by atoms with Crippen LogP contribution in [0, 0.1) is 16.0 Å². The first kappa shape index (κ1) is 14.2. The molecule has 1 aromatic heterocycles. The molecule has 0 aliphatic heterocycles. The molecule has 1 aromatic rings. The average Bonchev–Trinajstić information content (AvgIpc) is 2.97. The smallest absolute Gasteiger partial charge is 0.356 e. The topological polar surface area (TPSA) is 91.6 Å². The van der Waals surface area contributed by atoms with Crippen molar-refractivity contribution < 1.29 is 19.2 Å². The highest BCUT2D eigenvalue weighted by molar-refractivity contribution is 5.87. The summed E-state index contributed by atoms with van der Waals surface area (Å²) in [6.45, 7) is 0.387. The van der Waals surface area contributed by atoms with Gasteiger partial charge in [-0.2, -0.15) is 0 Å². The van der Waals surface area contributed by atoms with Gasteiger partial charge < -0.3 is 9.47 Å². The van der Waals surface area contributed by atoms with Gasteiger partial charge in [0.2, 0.25) is 0 Å². The maximum absolute atomic E-state index is 11.4. The molecule has 0 bridgehead atoms. The van der Waals surface area contributed by atoms with Crippen molar-refractivity contribution >= 4 is 11.7 Å². The Morgan fingerprint density at radius 2 is 2.15 bits per heavy atom. The normalized spacial score (nSPS) is 15.1. The van der Waals surface area contributed by atoms with E-state index < -0.39 is 10.9 Å². The van der Waals surface area contributed by atoms with Gasteiger partial charge in [-0.25, -0.2) is 9.78 Å². The van der Waals surface area contributed by atoms with Gasteiger partial charge in [0.15, 0.2) is 5.69 Å². The van der Waals surface area contributed by atoms with E-state index in [0.717, 1.165) is 25.7 Å². The number of rotatable bonds is 5. The van der Waals surface area contributed by atoms with Crippen LogP contribution in [-0.2, 0) is 4.74 Å². The highest BCUT2D eigenvalue weighted by atomic mass is 16.6. The number of methoxy groups -OCH3 is 1. The molecule has 0 aromatic carbocycles. The molecule has 0 saturated heterocycles. The van der Waals surface area contributed by atoms with Gasteiger partial charge in [-0.1, -0.05) is 12.8 Å². The number of esters is 1. The molecule has 0 radical (unpaired) electrons. The third kappa shape index (κ3) is 3.23. The average molecular weight is 280 g/mol. The molecule has 1 fully saturated rings. The van der Waals surface area contributed by atoms with Gasteiger partial charge >= 0.3 is 11.7 Å². The number of ether oxygens (including phenoxy) is 2. The number of aromatic nitrogens is 1. The Bertz CT molecular complexity index is 511. The number of nitro groups is 1. The Labute approximate surface area is 116 Å². The summed E-state index contributed by atoms with van der Waals surface area (Å²) in [4.78, 5) is 25.7. The third-order valence-electron chi connectivity index (χ3n) is 3.36. The molecule has 1 saturated carbocycles. The summed E-state index contributed by atoms with van der Waals surface area (Å²) < 4.78 is 10.00. The van der Waals surface area contributed by atoms with E-state index in [4.69, 9.17) is 4.74 Å². The molecule has 0 amide bonds. The SMILES string of the molecule is COC(=O)c1ccc([N+](=O)[O-])c(OCC2CCCC2)n1. The fourth-order valence-electron chi connectivity index (χ4n) is 2.27. The zero-order valence-electron chi connectivity index (χ0n) is 11.2. The number of hydrogen-bond acceptors (Lipinski definition) is 6. The molecule has 7 nitrogen and oxygen atoms in total. The van der Waals surface area contributed by atoms with Gasteiger partial charge in [0.25, 0.3) is 5.88 Å². The van der Waals surface area contributed by atoms with Crippen LogP contribution in [0.4, 0.5) is 5.69 Å². The van der Waals surface area contributed by atoms with E-state index in [1.165, 1.54) is 19.2 Å². The molecule has 2 rings (SSSR count). The lowest BCUT2D eigenvalue weighted by Crippen LogP contribution is -2.12. The summed E-state index contributed by atoms with van der Waals surface area (Å²) >= 11 is 0. The molecular formula is C13H16N2O5. The third-order valence-corrected chi connectivity index (χ3v) is 3.36. The lowest BCUT2D eigenvalue weighted by molar-refractivity contribution is -0.386. The van der Waals surface area contributed by atoms with E-state index >= 15 is 0 Å². The zero-order valence-corrected chi connectivity index (χ0v) is 11.2. The Kier molecular flexibility index (Phi) is 4.49. The van der Waals surface area contributed by atoms with E-state index in [1.54, 1.807) is 0 Å². The number of nitrogens with zero attached hydrogens (tertiary/aromatic N) is 2. The molecule has 1 aliphatic carbocycles. The summed E-state index contributed by atoms with van der Waals surface area (Å²) in [5.74, 6) is -0.367. The lowest BCUT2D eigenvalue weighted by atomic mass is 10.1. The fourth-order valence-corrected chi connectivity index (χ4v) is 2.27. The maximum Gasteiger partial charge on any atom is 0.356 e. The number of pyridine rings is 1. The summed E-state index contributed by atoms with van der Waals surface area (Å²) in [5, 5.41) is 10.9. The second-order valence-electron chi connectivity index (χ2n) is 4.73. The number of carbonyl (C=O) groups is 1. The summed E-state index contributed by atoms with van der Waals surface area (Å²) in [7, 11) is 1.23. The monoisotopic (exact) mass is 280 g/mol. The van der Waals surface area contributed by atoms with Crippen molar-refractivity contribution in [2.45, 2.75) is 25.7 Å². The first-order chi connectivity index (χ1) is 9.61. The quantitative estimate of drug-likeness (QED) is 0.467. The highest BCUT2D eigenvalue weighted by Crippen LogP contribution is 2.29. The predicted molar refractivity (Wildman–Crippen MR) is 69.7 cm³/mol. The van der Waals surface area contributed by atoms with Crippen molar-refractivity contribution in [2.75, 3.05) is 13.7 Å². The molecular weight excluding hydrogens is 264 g/mol. The van der Waals surface area contributed by atoms with Crippen LogP contribution in [0.1, 0.15) is 36.2 Å². The Morgan fingerprint density at radius 1 is 1.45 bits per heavy atom. The van der Waals surface area contributed by atoms with Crippen molar-refractivity contribution in [3.05, 3.63) is 27.9 Å². The lowest BCUT2D eigenvalue weighted by Gasteiger charge is -2.11. The Balaban J connectivity index is 2.17. The highest BCUT2D eigenvalue weighted by Gasteiger charge is 2.22. The van der Waals surface area contributed by atoms with Crippen LogP contribution in [-0.4, -0.2) is 29.6 Å². The largest absolute Gasteiger partial charge is 0.472 e. The zero-order chi connectivity index (χ0) is 14.5. The minimum absolute atomic E-state index is 0.000443. The van der Waals surface area contributed by atoms with Crippen LogP contribution in [0.5, 0.6) is 5.88 Å². The minimum Gasteiger partial charge on any atom is -0.472 e. The predicted octanol–water partition coefficient (Wildman–Crippen LogP) is 2.35. The molecule has 0 N–H and O–H groups in total. The first-order valence-electron chi connectivity index (χ1n) is 6.48. The van der Waals surface area contributed by atoms with Crippen LogP contribution in [0.3, 0.4) is 0 Å². The first-order valence-corrected chi connectivity index (χ1v) is 6.48. The number of carbonyl (C=O) groups excluding carboxylic acids is 1. The van der Waals surface area contributed by atoms with E-state index in [1.807, 2.05) is 0 Å². The van der Waals surface area contributed by atoms with Crippen molar-refractivity contribution in [1.29, 1.82) is 0 Å².